The SMILES string of the molecule is CCCCCCCCCCOc1cc(C(=O)Nc2ccc(C#N)ccc2=O)cc(OCCCCCCCCCC)c1OCCCCCCCCCC. The van der Waals surface area contributed by atoms with E-state index in [-0.39, 0.29) is 11.1 Å². The highest BCUT2D eigenvalue weighted by atomic mass is 16.5. The summed E-state index contributed by atoms with van der Waals surface area (Å²) >= 11 is 0. The highest BCUT2D eigenvalue weighted by molar-refractivity contribution is 6.05. The third-order valence-corrected chi connectivity index (χ3v) is 9.52. The molecule has 290 valence electrons. The zero-order valence-electron chi connectivity index (χ0n) is 33.0. The van der Waals surface area contributed by atoms with E-state index in [0.717, 1.165) is 38.5 Å². The van der Waals surface area contributed by atoms with Gasteiger partial charge in [-0.25, -0.2) is 0 Å². The van der Waals surface area contributed by atoms with E-state index in [1.54, 1.807) is 12.1 Å². The maximum Gasteiger partial charge on any atom is 0.256 e. The van der Waals surface area contributed by atoms with Gasteiger partial charge < -0.3 is 19.5 Å². The van der Waals surface area contributed by atoms with Crippen molar-refractivity contribution in [3.63, 3.8) is 0 Å². The second-order valence-corrected chi connectivity index (χ2v) is 14.2. The molecule has 2 rings (SSSR count). The third kappa shape index (κ3) is 19.9. The molecule has 1 N–H and O–H groups in total. The minimum absolute atomic E-state index is 0.101. The number of rotatable bonds is 32. The summed E-state index contributed by atoms with van der Waals surface area (Å²) in [5, 5.41) is 12.0. The molecule has 0 aliphatic carbocycles. The Morgan fingerprint density at radius 2 is 0.942 bits per heavy atom. The maximum absolute atomic E-state index is 13.6. The summed E-state index contributed by atoms with van der Waals surface area (Å²) in [5.41, 5.74) is 0.383. The summed E-state index contributed by atoms with van der Waals surface area (Å²) < 4.78 is 19.2. The second-order valence-electron chi connectivity index (χ2n) is 14.2. The van der Waals surface area contributed by atoms with E-state index >= 15 is 0 Å². The average Bonchev–Trinajstić information content (AvgIpc) is 3.33. The van der Waals surface area contributed by atoms with Gasteiger partial charge in [-0.1, -0.05) is 156 Å². The molecule has 0 saturated heterocycles. The lowest BCUT2D eigenvalue weighted by Crippen LogP contribution is -2.17. The first-order valence-electron chi connectivity index (χ1n) is 21.0. The molecule has 1 amide bonds. The van der Waals surface area contributed by atoms with Crippen molar-refractivity contribution in [2.75, 3.05) is 25.1 Å². The summed E-state index contributed by atoms with van der Waals surface area (Å²) in [5.74, 6) is 1.08. The van der Waals surface area contributed by atoms with Gasteiger partial charge in [0, 0.05) is 5.56 Å². The van der Waals surface area contributed by atoms with Crippen molar-refractivity contribution < 1.29 is 19.0 Å². The van der Waals surface area contributed by atoms with Crippen molar-refractivity contribution in [2.24, 2.45) is 0 Å². The molecule has 0 aliphatic rings. The largest absolute Gasteiger partial charge is 0.490 e. The van der Waals surface area contributed by atoms with E-state index in [1.807, 2.05) is 6.07 Å². The number of anilines is 1. The van der Waals surface area contributed by atoms with Crippen molar-refractivity contribution in [1.29, 1.82) is 5.26 Å². The van der Waals surface area contributed by atoms with Gasteiger partial charge in [-0.3, -0.25) is 9.59 Å². The molecular weight excluding hydrogens is 649 g/mol. The van der Waals surface area contributed by atoms with Gasteiger partial charge in [0.2, 0.25) is 11.2 Å². The summed E-state index contributed by atoms with van der Waals surface area (Å²) in [7, 11) is 0. The molecule has 0 aromatic heterocycles. The van der Waals surface area contributed by atoms with Crippen molar-refractivity contribution >= 4 is 11.6 Å². The van der Waals surface area contributed by atoms with Crippen LogP contribution in [0.5, 0.6) is 17.2 Å². The van der Waals surface area contributed by atoms with Gasteiger partial charge in [0.25, 0.3) is 5.91 Å². The van der Waals surface area contributed by atoms with E-state index < -0.39 is 5.91 Å². The van der Waals surface area contributed by atoms with E-state index in [2.05, 4.69) is 26.1 Å². The monoisotopic (exact) mass is 719 g/mol. The minimum atomic E-state index is -0.453. The van der Waals surface area contributed by atoms with Crippen LogP contribution in [0.2, 0.25) is 0 Å². The molecule has 2 aromatic carbocycles. The lowest BCUT2D eigenvalue weighted by atomic mass is 10.1. The predicted molar refractivity (Wildman–Crippen MR) is 216 cm³/mol. The van der Waals surface area contributed by atoms with Gasteiger partial charge in [-0.15, -0.1) is 0 Å². The molecule has 0 heterocycles. The highest BCUT2D eigenvalue weighted by Gasteiger charge is 2.20. The number of hydrogen-bond acceptors (Lipinski definition) is 6. The maximum atomic E-state index is 13.6. The number of unbranched alkanes of at least 4 members (excludes halogenated alkanes) is 21. The first kappa shape index (κ1) is 44.6. The molecule has 0 spiro atoms. The Bertz CT molecular complexity index is 1290. The molecule has 0 radical (unpaired) electrons. The Balaban J connectivity index is 2.22. The van der Waals surface area contributed by atoms with E-state index in [1.165, 1.54) is 140 Å². The molecule has 2 aromatic rings. The van der Waals surface area contributed by atoms with Crippen LogP contribution >= 0.6 is 0 Å². The molecule has 0 saturated carbocycles. The van der Waals surface area contributed by atoms with Crippen molar-refractivity contribution in [3.05, 3.63) is 57.7 Å². The lowest BCUT2D eigenvalue weighted by Gasteiger charge is -2.19. The lowest BCUT2D eigenvalue weighted by molar-refractivity contribution is 0.102. The van der Waals surface area contributed by atoms with Crippen LogP contribution in [0.3, 0.4) is 0 Å². The molecule has 0 bridgehead atoms. The number of carbonyl (C=O) groups is 1. The molecule has 7 heteroatoms. The Labute approximate surface area is 316 Å². The van der Waals surface area contributed by atoms with Gasteiger partial charge in [-0.2, -0.15) is 5.26 Å². The summed E-state index contributed by atoms with van der Waals surface area (Å²) in [6.45, 7) is 8.30. The van der Waals surface area contributed by atoms with Gasteiger partial charge in [0.1, 0.15) is 0 Å². The number of hydrogen-bond donors (Lipinski definition) is 1. The van der Waals surface area contributed by atoms with Crippen LogP contribution in [0.25, 0.3) is 0 Å². The molecule has 0 fully saturated rings. The van der Waals surface area contributed by atoms with Crippen LogP contribution in [-0.2, 0) is 0 Å². The summed E-state index contributed by atoms with van der Waals surface area (Å²) in [6.07, 6.45) is 28.8. The van der Waals surface area contributed by atoms with Crippen LogP contribution < -0.4 is 25.0 Å². The van der Waals surface area contributed by atoms with Gasteiger partial charge in [0.15, 0.2) is 11.5 Å². The molecule has 0 unspecified atom stereocenters. The molecular formula is C45H70N2O5. The summed E-state index contributed by atoms with van der Waals surface area (Å²) in [4.78, 5) is 26.4. The van der Waals surface area contributed by atoms with Crippen LogP contribution in [0.4, 0.5) is 5.69 Å². The fourth-order valence-corrected chi connectivity index (χ4v) is 6.25. The molecule has 0 aliphatic heterocycles. The highest BCUT2D eigenvalue weighted by Crippen LogP contribution is 2.40. The van der Waals surface area contributed by atoms with E-state index in [4.69, 9.17) is 14.2 Å². The number of nitrogens with zero attached hydrogens (tertiary/aromatic N) is 1. The van der Waals surface area contributed by atoms with Crippen LogP contribution in [-0.4, -0.2) is 25.7 Å². The van der Waals surface area contributed by atoms with E-state index in [0.29, 0.717) is 48.2 Å². The van der Waals surface area contributed by atoms with Crippen LogP contribution in [0.1, 0.15) is 191 Å². The normalized spacial score (nSPS) is 10.9. The number of nitrogens with one attached hydrogen (secondary N) is 1. The Morgan fingerprint density at radius 1 is 0.558 bits per heavy atom. The zero-order valence-corrected chi connectivity index (χ0v) is 33.0. The fourth-order valence-electron chi connectivity index (χ4n) is 6.25. The van der Waals surface area contributed by atoms with Crippen LogP contribution in [0.15, 0.2) is 41.2 Å². The van der Waals surface area contributed by atoms with Crippen molar-refractivity contribution in [3.8, 4) is 23.3 Å². The number of amides is 1. The smallest absolute Gasteiger partial charge is 0.256 e. The molecule has 7 nitrogen and oxygen atoms in total. The number of benzene rings is 1. The predicted octanol–water partition coefficient (Wildman–Crippen LogP) is 12.7. The fraction of sp³-hybridized carbons (Fsp3) is 0.667. The van der Waals surface area contributed by atoms with Gasteiger partial charge in [-0.05, 0) is 55.7 Å². The van der Waals surface area contributed by atoms with Crippen LogP contribution in [0, 0.1) is 11.3 Å². The number of ether oxygens (including phenoxy) is 3. The standard InChI is InChI=1S/C45H70N2O5/c1-4-7-10-13-16-19-22-25-32-50-42-35-39(45(49)47-40-30-28-38(37-46)29-31-41(40)48)36-43(51-33-26-23-20-17-14-11-8-5-2)44(42)52-34-27-24-21-18-15-12-9-6-3/h28-31,35-36H,4-27,32-34H2,1-3H3,(H,47,48,49). The van der Waals surface area contributed by atoms with Crippen molar-refractivity contribution in [1.82, 2.24) is 0 Å². The first-order chi connectivity index (χ1) is 25.5. The Hall–Kier alpha value is -3.53. The Kier molecular flexibility index (Phi) is 25.7. The number of nitriles is 1. The minimum Gasteiger partial charge on any atom is -0.490 e. The first-order valence-corrected chi connectivity index (χ1v) is 21.0. The second kappa shape index (κ2) is 30.0. The Morgan fingerprint density at radius 3 is 1.37 bits per heavy atom. The molecule has 52 heavy (non-hydrogen) atoms. The molecule has 0 atom stereocenters. The topological polar surface area (TPSA) is 97.7 Å². The average molecular weight is 719 g/mol. The van der Waals surface area contributed by atoms with E-state index in [9.17, 15) is 14.9 Å². The van der Waals surface area contributed by atoms with Gasteiger partial charge >= 0.3 is 0 Å². The van der Waals surface area contributed by atoms with Crippen molar-refractivity contribution in [2.45, 2.75) is 175 Å². The zero-order chi connectivity index (χ0) is 37.5. The van der Waals surface area contributed by atoms with Gasteiger partial charge in [0.05, 0.1) is 37.1 Å². The number of carbonyl (C=O) groups excluding carboxylic acids is 1. The quantitative estimate of drug-likeness (QED) is 0.0756. The summed E-state index contributed by atoms with van der Waals surface area (Å²) in [6, 6.07) is 11.2. The third-order valence-electron chi connectivity index (χ3n) is 9.52.